The molecule has 0 spiro atoms. The zero-order chi connectivity index (χ0) is 5.15. The van der Waals surface area contributed by atoms with Crippen LogP contribution in [0.1, 0.15) is 6.92 Å². The molecule has 42 valence electrons. The maximum Gasteiger partial charge on any atom is 0.320 e. The van der Waals surface area contributed by atoms with E-state index in [9.17, 15) is 4.79 Å². The quantitative estimate of drug-likeness (QED) is 0.513. The third kappa shape index (κ3) is 5.96. The molecule has 0 aromatic heterocycles. The molecular formula is C3H7CrNO2. The van der Waals surface area contributed by atoms with Crippen molar-refractivity contribution in [2.24, 2.45) is 5.73 Å². The minimum Gasteiger partial charge on any atom is -0.480 e. The fourth-order valence-corrected chi connectivity index (χ4v) is 0. The molecule has 0 heterocycles. The Morgan fingerprint density at radius 1 is 1.86 bits per heavy atom. The normalized spacial score (nSPS) is 11.7. The molecule has 0 fully saturated rings. The van der Waals surface area contributed by atoms with Gasteiger partial charge in [-0.3, -0.25) is 4.79 Å². The Morgan fingerprint density at radius 3 is 2.00 bits per heavy atom. The molecule has 0 saturated carbocycles. The first-order valence-electron chi connectivity index (χ1n) is 1.63. The molecule has 0 aromatic carbocycles. The van der Waals surface area contributed by atoms with Crippen molar-refractivity contribution in [1.29, 1.82) is 0 Å². The predicted molar refractivity (Wildman–Crippen MR) is 21.3 cm³/mol. The number of carboxylic acid groups (broad SMARTS) is 1. The van der Waals surface area contributed by atoms with Crippen molar-refractivity contribution in [3.05, 3.63) is 0 Å². The van der Waals surface area contributed by atoms with Crippen molar-refractivity contribution in [2.45, 2.75) is 13.0 Å². The summed E-state index contributed by atoms with van der Waals surface area (Å²) in [5.41, 5.74) is 4.84. The van der Waals surface area contributed by atoms with E-state index in [0.717, 1.165) is 0 Å². The molecule has 0 aliphatic carbocycles. The van der Waals surface area contributed by atoms with Gasteiger partial charge in [0.25, 0.3) is 0 Å². The van der Waals surface area contributed by atoms with Gasteiger partial charge < -0.3 is 10.8 Å². The topological polar surface area (TPSA) is 63.3 Å². The van der Waals surface area contributed by atoms with Crippen molar-refractivity contribution in [3.63, 3.8) is 0 Å². The molecule has 7 heavy (non-hydrogen) atoms. The van der Waals surface area contributed by atoms with Crippen LogP contribution in [0.5, 0.6) is 0 Å². The van der Waals surface area contributed by atoms with Gasteiger partial charge in [0, 0.05) is 17.4 Å². The minimum absolute atomic E-state index is 0. The van der Waals surface area contributed by atoms with Crippen LogP contribution in [0.25, 0.3) is 0 Å². The van der Waals surface area contributed by atoms with Crippen LogP contribution < -0.4 is 5.73 Å². The van der Waals surface area contributed by atoms with Gasteiger partial charge in [0.1, 0.15) is 6.04 Å². The molecule has 0 rings (SSSR count). The number of hydrogen-bond donors (Lipinski definition) is 2. The van der Waals surface area contributed by atoms with E-state index in [0.29, 0.717) is 0 Å². The summed E-state index contributed by atoms with van der Waals surface area (Å²) < 4.78 is 0. The number of nitrogens with two attached hydrogens (primary N) is 1. The van der Waals surface area contributed by atoms with Crippen LogP contribution in [0.15, 0.2) is 0 Å². The predicted octanol–water partition coefficient (Wildman–Crippen LogP) is -0.584. The van der Waals surface area contributed by atoms with Crippen molar-refractivity contribution in [3.8, 4) is 0 Å². The second kappa shape index (κ2) is 4.13. The first kappa shape index (κ1) is 10.1. The molecule has 0 aliphatic rings. The van der Waals surface area contributed by atoms with Gasteiger partial charge in [0.2, 0.25) is 0 Å². The fraction of sp³-hybridized carbons (Fsp3) is 0.667. The molecule has 3 N–H and O–H groups in total. The maximum atomic E-state index is 9.57. The summed E-state index contributed by atoms with van der Waals surface area (Å²) in [5, 5.41) is 7.87. The van der Waals surface area contributed by atoms with E-state index in [-0.39, 0.29) is 17.4 Å². The van der Waals surface area contributed by atoms with Crippen LogP contribution in [0.2, 0.25) is 0 Å². The van der Waals surface area contributed by atoms with Gasteiger partial charge in [0.15, 0.2) is 0 Å². The molecule has 0 amide bonds. The first-order valence-corrected chi connectivity index (χ1v) is 1.63. The number of carbonyl (C=O) groups is 1. The molecular weight excluding hydrogens is 134 g/mol. The Hall–Kier alpha value is -0.0375. The van der Waals surface area contributed by atoms with Crippen molar-refractivity contribution in [2.75, 3.05) is 0 Å². The zero-order valence-electron chi connectivity index (χ0n) is 3.92. The first-order chi connectivity index (χ1) is 2.64. The van der Waals surface area contributed by atoms with Crippen LogP contribution >= 0.6 is 0 Å². The SMILES string of the molecule is CC(N)C(=O)O.[Cr]. The van der Waals surface area contributed by atoms with Crippen LogP contribution in [0.4, 0.5) is 0 Å². The molecule has 4 heteroatoms. The van der Waals surface area contributed by atoms with Gasteiger partial charge in [-0.1, -0.05) is 0 Å². The standard InChI is InChI=1S/C3H7NO2.Cr/c1-2(4)3(5)6;/h2H,4H2,1H3,(H,5,6);. The number of rotatable bonds is 1. The van der Waals surface area contributed by atoms with Gasteiger partial charge in [0.05, 0.1) is 0 Å². The van der Waals surface area contributed by atoms with Gasteiger partial charge in [-0.2, -0.15) is 0 Å². The van der Waals surface area contributed by atoms with E-state index in [1.54, 1.807) is 0 Å². The van der Waals surface area contributed by atoms with E-state index < -0.39 is 12.0 Å². The van der Waals surface area contributed by atoms with Crippen molar-refractivity contribution >= 4 is 5.97 Å². The number of carboxylic acids is 1. The van der Waals surface area contributed by atoms with E-state index in [4.69, 9.17) is 10.8 Å². The van der Waals surface area contributed by atoms with E-state index >= 15 is 0 Å². The second-order valence-electron chi connectivity index (χ2n) is 1.13. The van der Waals surface area contributed by atoms with Crippen LogP contribution in [0.3, 0.4) is 0 Å². The Labute approximate surface area is 52.6 Å². The largest absolute Gasteiger partial charge is 0.480 e. The van der Waals surface area contributed by atoms with E-state index in [1.165, 1.54) is 6.92 Å². The molecule has 0 radical (unpaired) electrons. The van der Waals surface area contributed by atoms with Crippen molar-refractivity contribution < 1.29 is 27.3 Å². The average Bonchev–Trinajstić information content (AvgIpc) is 1.36. The summed E-state index contributed by atoms with van der Waals surface area (Å²) in [6.45, 7) is 1.42. The molecule has 0 saturated heterocycles. The number of aliphatic carboxylic acids is 1. The maximum absolute atomic E-state index is 9.57. The summed E-state index contributed by atoms with van der Waals surface area (Å²) in [4.78, 5) is 9.57. The van der Waals surface area contributed by atoms with Crippen LogP contribution in [0, 0.1) is 0 Å². The summed E-state index contributed by atoms with van der Waals surface area (Å²) >= 11 is 0. The molecule has 0 aliphatic heterocycles. The Bertz CT molecular complexity index is 64.0. The van der Waals surface area contributed by atoms with Gasteiger partial charge in [-0.25, -0.2) is 0 Å². The molecule has 0 bridgehead atoms. The average molecular weight is 141 g/mol. The van der Waals surface area contributed by atoms with Gasteiger partial charge in [-0.15, -0.1) is 0 Å². The molecule has 3 nitrogen and oxygen atoms in total. The third-order valence-corrected chi connectivity index (χ3v) is 0.390. The third-order valence-electron chi connectivity index (χ3n) is 0.390. The van der Waals surface area contributed by atoms with E-state index in [1.807, 2.05) is 0 Å². The smallest absolute Gasteiger partial charge is 0.320 e. The monoisotopic (exact) mass is 141 g/mol. The minimum atomic E-state index is -0.963. The van der Waals surface area contributed by atoms with Crippen LogP contribution in [-0.4, -0.2) is 17.1 Å². The summed E-state index contributed by atoms with van der Waals surface area (Å²) in [6, 6.07) is -0.731. The van der Waals surface area contributed by atoms with Gasteiger partial charge >= 0.3 is 5.97 Å². The zero-order valence-corrected chi connectivity index (χ0v) is 5.19. The second-order valence-corrected chi connectivity index (χ2v) is 1.13. The van der Waals surface area contributed by atoms with Crippen molar-refractivity contribution in [1.82, 2.24) is 0 Å². The summed E-state index contributed by atoms with van der Waals surface area (Å²) in [5.74, 6) is -0.963. The molecule has 0 aromatic rings. The Morgan fingerprint density at radius 2 is 2.00 bits per heavy atom. The van der Waals surface area contributed by atoms with Gasteiger partial charge in [-0.05, 0) is 6.92 Å². The number of hydrogen-bond acceptors (Lipinski definition) is 2. The Kier molecular flexibility index (Phi) is 5.93. The summed E-state index contributed by atoms with van der Waals surface area (Å²) in [6.07, 6.45) is 0. The molecule has 1 unspecified atom stereocenters. The van der Waals surface area contributed by atoms with Crippen LogP contribution in [-0.2, 0) is 22.2 Å². The Balaban J connectivity index is 0. The fourth-order valence-electron chi connectivity index (χ4n) is 0. The summed E-state index contributed by atoms with van der Waals surface area (Å²) in [7, 11) is 0. The molecule has 1 atom stereocenters. The van der Waals surface area contributed by atoms with E-state index in [2.05, 4.69) is 0 Å².